The molecule has 1 N–H and O–H groups in total. The van der Waals surface area contributed by atoms with E-state index < -0.39 is 18.1 Å². The Kier molecular flexibility index (Phi) is 4.49. The van der Waals surface area contributed by atoms with Crippen molar-refractivity contribution in [2.45, 2.75) is 13.0 Å². The van der Waals surface area contributed by atoms with E-state index in [1.807, 2.05) is 0 Å². The van der Waals surface area contributed by atoms with Crippen molar-refractivity contribution in [2.24, 2.45) is 0 Å². The summed E-state index contributed by atoms with van der Waals surface area (Å²) in [5, 5.41) is 2.54. The van der Waals surface area contributed by atoms with Crippen LogP contribution >= 0.6 is 0 Å². The predicted octanol–water partition coefficient (Wildman–Crippen LogP) is 0.870. The number of carbonyl (C=O) groups excluding carboxylic acids is 2. The Morgan fingerprint density at radius 2 is 2.05 bits per heavy atom. The average molecular weight is 272 g/mol. The van der Waals surface area contributed by atoms with E-state index in [2.05, 4.69) is 15.0 Å². The molecule has 106 valence electrons. The van der Waals surface area contributed by atoms with Crippen molar-refractivity contribution < 1.29 is 28.2 Å². The number of hydrogen-bond donors (Lipinski definition) is 1. The molecular formula is C11H18N3O5+. The van der Waals surface area contributed by atoms with Crippen molar-refractivity contribution in [1.29, 1.82) is 0 Å². The van der Waals surface area contributed by atoms with E-state index in [-0.39, 0.29) is 16.2 Å². The first-order valence-electron chi connectivity index (χ1n) is 5.58. The summed E-state index contributed by atoms with van der Waals surface area (Å²) in [6, 6.07) is -0.530. The lowest BCUT2D eigenvalue weighted by Crippen LogP contribution is -2.41. The molecule has 1 amide bonds. The molecule has 8 heteroatoms. The number of hydroxylamine groups is 3. The number of amides is 1. The number of ether oxygens (including phenoxy) is 1. The van der Waals surface area contributed by atoms with Crippen LogP contribution < -0.4 is 5.32 Å². The molecule has 0 unspecified atom stereocenters. The lowest BCUT2D eigenvalue weighted by molar-refractivity contribution is -1.04. The summed E-state index contributed by atoms with van der Waals surface area (Å²) < 4.78 is 9.62. The highest BCUT2D eigenvalue weighted by Gasteiger charge is 2.22. The highest BCUT2D eigenvalue weighted by atomic mass is 16.7. The molecule has 0 aromatic carbocycles. The number of carbonyl (C=O) groups is 2. The second kappa shape index (κ2) is 5.70. The fourth-order valence-corrected chi connectivity index (χ4v) is 1.20. The van der Waals surface area contributed by atoms with E-state index in [1.165, 1.54) is 13.4 Å². The van der Waals surface area contributed by atoms with Gasteiger partial charge in [-0.2, -0.15) is 0 Å². The van der Waals surface area contributed by atoms with Crippen LogP contribution in [-0.2, 0) is 9.57 Å². The van der Waals surface area contributed by atoms with E-state index in [9.17, 15) is 9.59 Å². The highest BCUT2D eigenvalue weighted by molar-refractivity contribution is 5.86. The fraction of sp³-hybridized carbons (Fsp3) is 0.545. The van der Waals surface area contributed by atoms with Crippen LogP contribution in [0.5, 0.6) is 0 Å². The van der Waals surface area contributed by atoms with Crippen molar-refractivity contribution in [3.63, 3.8) is 0 Å². The van der Waals surface area contributed by atoms with Crippen LogP contribution in [-0.4, -0.2) is 49.9 Å². The van der Waals surface area contributed by atoms with Gasteiger partial charge in [0.2, 0.25) is 5.89 Å². The molecule has 0 saturated heterocycles. The number of rotatable bonds is 4. The third-order valence-electron chi connectivity index (χ3n) is 1.98. The standard InChI is InChI=1S/C11H17N3O5/c1-7(12-11(16)19-14(2,3)4)9-13-8(6-18-9)10(15)17-5/h6-7H,1-5H3/p+1/t7-/m1/s1. The Bertz CT molecular complexity index is 463. The summed E-state index contributed by atoms with van der Waals surface area (Å²) in [7, 11) is 6.34. The van der Waals surface area contributed by atoms with Crippen molar-refractivity contribution in [2.75, 3.05) is 28.3 Å². The Balaban J connectivity index is 2.63. The van der Waals surface area contributed by atoms with Crippen LogP contribution in [0, 0.1) is 0 Å². The quantitative estimate of drug-likeness (QED) is 0.497. The zero-order valence-corrected chi connectivity index (χ0v) is 11.6. The zero-order valence-electron chi connectivity index (χ0n) is 11.6. The van der Waals surface area contributed by atoms with E-state index in [0.717, 1.165) is 0 Å². The lowest BCUT2D eigenvalue weighted by Gasteiger charge is -2.21. The van der Waals surface area contributed by atoms with Crippen molar-refractivity contribution in [3.8, 4) is 0 Å². The number of nitrogens with zero attached hydrogens (tertiary/aromatic N) is 2. The van der Waals surface area contributed by atoms with Crippen LogP contribution in [0.3, 0.4) is 0 Å². The minimum Gasteiger partial charge on any atom is -0.464 e. The van der Waals surface area contributed by atoms with Gasteiger partial charge in [0.15, 0.2) is 5.69 Å². The van der Waals surface area contributed by atoms with Gasteiger partial charge in [0, 0.05) is 0 Å². The second-order valence-electron chi connectivity index (χ2n) is 4.70. The maximum atomic E-state index is 11.5. The molecule has 0 spiro atoms. The largest absolute Gasteiger partial charge is 0.464 e. The van der Waals surface area contributed by atoms with Gasteiger partial charge >= 0.3 is 12.1 Å². The Morgan fingerprint density at radius 3 is 2.58 bits per heavy atom. The first kappa shape index (κ1) is 15.0. The fourth-order valence-electron chi connectivity index (χ4n) is 1.20. The van der Waals surface area contributed by atoms with E-state index in [0.29, 0.717) is 0 Å². The molecule has 0 bridgehead atoms. The third kappa shape index (κ3) is 4.59. The molecule has 1 aromatic rings. The SMILES string of the molecule is COC(=O)c1coc([C@@H](C)NC(=O)O[N+](C)(C)C)n1. The van der Waals surface area contributed by atoms with Crippen LogP contribution in [0.15, 0.2) is 10.7 Å². The Morgan fingerprint density at radius 1 is 1.42 bits per heavy atom. The van der Waals surface area contributed by atoms with Gasteiger partial charge in [0.25, 0.3) is 0 Å². The van der Waals surface area contributed by atoms with Gasteiger partial charge in [-0.1, -0.05) is 0 Å². The number of quaternary nitrogens is 1. The number of methoxy groups -OCH3 is 1. The molecule has 1 heterocycles. The topological polar surface area (TPSA) is 90.7 Å². The molecule has 1 atom stereocenters. The maximum Gasteiger partial charge on any atom is 0.462 e. The van der Waals surface area contributed by atoms with Crippen LogP contribution in [0.4, 0.5) is 4.79 Å². The van der Waals surface area contributed by atoms with Crippen molar-refractivity contribution in [3.05, 3.63) is 17.8 Å². The maximum absolute atomic E-state index is 11.5. The van der Waals surface area contributed by atoms with Crippen LogP contribution in [0.1, 0.15) is 29.3 Å². The summed E-state index contributed by atoms with van der Waals surface area (Å²) in [6.45, 7) is 1.66. The molecule has 8 nitrogen and oxygen atoms in total. The van der Waals surface area contributed by atoms with Gasteiger partial charge in [-0.15, -0.1) is 4.65 Å². The van der Waals surface area contributed by atoms with Gasteiger partial charge in [-0.05, 0) is 6.92 Å². The third-order valence-corrected chi connectivity index (χ3v) is 1.98. The molecule has 0 aliphatic heterocycles. The summed E-state index contributed by atoms with van der Waals surface area (Å²) in [5.41, 5.74) is 0.0473. The minimum absolute atomic E-state index is 0.0253. The van der Waals surface area contributed by atoms with Gasteiger partial charge in [0.1, 0.15) is 33.4 Å². The van der Waals surface area contributed by atoms with Crippen molar-refractivity contribution >= 4 is 12.1 Å². The van der Waals surface area contributed by atoms with E-state index in [1.54, 1.807) is 28.1 Å². The van der Waals surface area contributed by atoms with Gasteiger partial charge in [0.05, 0.1) is 7.11 Å². The molecule has 0 saturated carbocycles. The number of esters is 1. The van der Waals surface area contributed by atoms with E-state index >= 15 is 0 Å². The first-order valence-corrected chi connectivity index (χ1v) is 5.58. The summed E-state index contributed by atoms with van der Waals surface area (Å²) >= 11 is 0. The van der Waals surface area contributed by atoms with Gasteiger partial charge in [-0.3, -0.25) is 4.84 Å². The molecule has 19 heavy (non-hydrogen) atoms. The number of aromatic nitrogens is 1. The minimum atomic E-state index is -0.613. The zero-order chi connectivity index (χ0) is 14.6. The Labute approximate surface area is 110 Å². The molecular weight excluding hydrogens is 254 g/mol. The Hall–Kier alpha value is -2.09. The average Bonchev–Trinajstić information content (AvgIpc) is 2.74. The predicted molar refractivity (Wildman–Crippen MR) is 63.9 cm³/mol. The number of oxazole rings is 1. The second-order valence-corrected chi connectivity index (χ2v) is 4.70. The van der Waals surface area contributed by atoms with Gasteiger partial charge in [-0.25, -0.2) is 14.6 Å². The normalized spacial score (nSPS) is 12.7. The molecule has 0 radical (unpaired) electrons. The van der Waals surface area contributed by atoms with Crippen molar-refractivity contribution in [1.82, 2.24) is 10.3 Å². The molecule has 0 fully saturated rings. The van der Waals surface area contributed by atoms with Gasteiger partial charge < -0.3 is 14.5 Å². The highest BCUT2D eigenvalue weighted by Crippen LogP contribution is 2.13. The summed E-state index contributed by atoms with van der Waals surface area (Å²) in [6.07, 6.45) is 0.558. The molecule has 1 rings (SSSR count). The molecule has 0 aliphatic rings. The summed E-state index contributed by atoms with van der Waals surface area (Å²) in [4.78, 5) is 31.7. The molecule has 1 aromatic heterocycles. The first-order chi connectivity index (χ1) is 8.73. The van der Waals surface area contributed by atoms with Crippen LogP contribution in [0.2, 0.25) is 0 Å². The van der Waals surface area contributed by atoms with Crippen LogP contribution in [0.25, 0.3) is 0 Å². The number of hydrogen-bond acceptors (Lipinski definition) is 6. The monoisotopic (exact) mass is 272 g/mol. The number of nitrogens with one attached hydrogen (secondary N) is 1. The lowest BCUT2D eigenvalue weighted by atomic mass is 10.3. The smallest absolute Gasteiger partial charge is 0.462 e. The van der Waals surface area contributed by atoms with E-state index in [4.69, 9.17) is 9.25 Å². The molecule has 0 aliphatic carbocycles. The summed E-state index contributed by atoms with van der Waals surface area (Å²) in [5.74, 6) is -0.408.